The number of benzene rings is 2. The molecule has 8 rings (SSSR count). The largest absolute Gasteiger partial charge is 0.369 e. The molecule has 0 aliphatic carbocycles. The zero-order chi connectivity index (χ0) is 36.6. The Balaban J connectivity index is 0.815. The smallest absolute Gasteiger partial charge is 0.234 e. The summed E-state index contributed by atoms with van der Waals surface area (Å²) in [4.78, 5) is 39.6. The molecule has 0 bridgehead atoms. The summed E-state index contributed by atoms with van der Waals surface area (Å²) in [7, 11) is 0. The van der Waals surface area contributed by atoms with E-state index in [1.54, 1.807) is 40.8 Å². The summed E-state index contributed by atoms with van der Waals surface area (Å²) < 4.78 is 47.6. The highest BCUT2D eigenvalue weighted by Crippen LogP contribution is 2.31. The molecule has 12 nitrogen and oxygen atoms in total. The van der Waals surface area contributed by atoms with Crippen LogP contribution in [0.2, 0.25) is 0 Å². The molecule has 3 fully saturated rings. The molecule has 2 amide bonds. The average Bonchev–Trinajstić information content (AvgIpc) is 3.84. The Kier molecular flexibility index (Phi) is 9.60. The maximum Gasteiger partial charge on any atom is 0.234 e. The minimum Gasteiger partial charge on any atom is -0.369 e. The van der Waals surface area contributed by atoms with Crippen molar-refractivity contribution in [3.05, 3.63) is 90.1 Å². The third kappa shape index (κ3) is 7.22. The molecule has 3 atom stereocenters. The van der Waals surface area contributed by atoms with Gasteiger partial charge in [-0.1, -0.05) is 12.1 Å². The second-order valence-electron chi connectivity index (χ2n) is 14.1. The number of aryl methyl sites for hydroxylation is 1. The number of likely N-dealkylation sites (tertiary alicyclic amines) is 1. The molecule has 3 aromatic heterocycles. The van der Waals surface area contributed by atoms with Crippen molar-refractivity contribution in [3.63, 3.8) is 0 Å². The minimum absolute atomic E-state index is 0.204. The summed E-state index contributed by atoms with van der Waals surface area (Å²) in [6.45, 7) is 7.96. The number of hydrogen-bond acceptors (Lipinski definition) is 9. The van der Waals surface area contributed by atoms with Crippen LogP contribution in [0.4, 0.5) is 30.4 Å². The predicted molar refractivity (Wildman–Crippen MR) is 194 cm³/mol. The molecule has 2 N–H and O–H groups in total. The first-order chi connectivity index (χ1) is 25.7. The van der Waals surface area contributed by atoms with Crippen molar-refractivity contribution in [2.75, 3.05) is 62.6 Å². The number of amides is 2. The second-order valence-corrected chi connectivity index (χ2v) is 14.1. The van der Waals surface area contributed by atoms with E-state index in [1.807, 2.05) is 12.1 Å². The first-order valence-corrected chi connectivity index (χ1v) is 18.1. The first kappa shape index (κ1) is 34.8. The van der Waals surface area contributed by atoms with Gasteiger partial charge >= 0.3 is 0 Å². The monoisotopic (exact) mass is 726 g/mol. The lowest BCUT2D eigenvalue weighted by Gasteiger charge is -2.39. The maximum atomic E-state index is 15.6. The van der Waals surface area contributed by atoms with Crippen LogP contribution in [0.5, 0.6) is 0 Å². The standard InChI is InChI=1S/C38H41F3N10O2/c1-24-18-29(31(40)19-30(24)39)34-21-43-36(37-42-9-11-50(34)37)45-26-20-44-51(22-26)33-8-10-48(23-32(33)41)13-12-47-14-16-49(17-15-47)27-4-2-25(3-5-27)28-6-7-35(52)46-38(28)53/h2-5,9,11,18-22,28,32-33H,6-8,10,12-17,23H2,1H3,(H,43,45)(H,46,52,53)/t28?,32?,33-/m0/s1. The van der Waals surface area contributed by atoms with Gasteiger partial charge in [0.15, 0.2) is 11.5 Å². The van der Waals surface area contributed by atoms with Crippen LogP contribution in [-0.2, 0) is 9.59 Å². The lowest BCUT2D eigenvalue weighted by molar-refractivity contribution is -0.134. The SMILES string of the molecule is Cc1cc(-c2cnc(Nc3cnn([C@H]4CCN(CCN5CCN(c6ccc(C7CCC(=O)NC7=O)cc6)CC5)CC4F)c3)c3nccn23)c(F)cc1F. The van der Waals surface area contributed by atoms with Crippen LogP contribution in [0.1, 0.15) is 42.3 Å². The van der Waals surface area contributed by atoms with Gasteiger partial charge in [-0.25, -0.2) is 23.1 Å². The van der Waals surface area contributed by atoms with Gasteiger partial charge < -0.3 is 10.2 Å². The molecule has 3 saturated heterocycles. The Hall–Kier alpha value is -5.28. The third-order valence-electron chi connectivity index (χ3n) is 10.8. The van der Waals surface area contributed by atoms with Crippen LogP contribution in [-0.4, -0.2) is 104 Å². The summed E-state index contributed by atoms with van der Waals surface area (Å²) in [5.41, 5.74) is 4.11. The number of imidazole rings is 1. The topological polar surface area (TPSA) is 116 Å². The molecule has 6 heterocycles. The Labute approximate surface area is 304 Å². The molecule has 276 valence electrons. The molecule has 15 heteroatoms. The lowest BCUT2D eigenvalue weighted by Crippen LogP contribution is -2.50. The highest BCUT2D eigenvalue weighted by atomic mass is 19.1. The Morgan fingerprint density at radius 1 is 0.925 bits per heavy atom. The number of nitrogens with zero attached hydrogens (tertiary/aromatic N) is 8. The number of fused-ring (bicyclic) bond motifs is 1. The number of piperazine rings is 1. The van der Waals surface area contributed by atoms with Crippen LogP contribution in [0.15, 0.2) is 67.4 Å². The minimum atomic E-state index is -1.08. The van der Waals surface area contributed by atoms with Crippen molar-refractivity contribution >= 4 is 34.7 Å². The van der Waals surface area contributed by atoms with Crippen molar-refractivity contribution in [2.24, 2.45) is 0 Å². The van der Waals surface area contributed by atoms with E-state index in [0.29, 0.717) is 54.2 Å². The van der Waals surface area contributed by atoms with Gasteiger partial charge in [-0.3, -0.25) is 33.8 Å². The van der Waals surface area contributed by atoms with Gasteiger partial charge in [0.2, 0.25) is 11.8 Å². The van der Waals surface area contributed by atoms with E-state index >= 15 is 4.39 Å². The highest BCUT2D eigenvalue weighted by molar-refractivity contribution is 6.01. The summed E-state index contributed by atoms with van der Waals surface area (Å²) in [5, 5.41) is 10.1. The number of anilines is 3. The van der Waals surface area contributed by atoms with Gasteiger partial charge in [0.1, 0.15) is 17.8 Å². The zero-order valence-electron chi connectivity index (χ0n) is 29.4. The number of hydrogen-bond donors (Lipinski definition) is 2. The van der Waals surface area contributed by atoms with Crippen molar-refractivity contribution in [1.82, 2.24) is 39.3 Å². The van der Waals surface area contributed by atoms with E-state index in [4.69, 9.17) is 0 Å². The molecule has 2 unspecified atom stereocenters. The van der Waals surface area contributed by atoms with Crippen LogP contribution in [0, 0.1) is 18.6 Å². The number of carbonyl (C=O) groups excluding carboxylic acids is 2. The van der Waals surface area contributed by atoms with E-state index in [2.05, 4.69) is 52.5 Å². The number of imide groups is 1. The number of aromatic nitrogens is 5. The second kappa shape index (κ2) is 14.6. The van der Waals surface area contributed by atoms with E-state index in [9.17, 15) is 18.4 Å². The predicted octanol–water partition coefficient (Wildman–Crippen LogP) is 4.85. The maximum absolute atomic E-state index is 15.6. The van der Waals surface area contributed by atoms with Crippen LogP contribution < -0.4 is 15.5 Å². The van der Waals surface area contributed by atoms with Gasteiger partial charge in [-0.05, 0) is 49.1 Å². The Morgan fingerprint density at radius 3 is 2.49 bits per heavy atom. The number of piperidine rings is 2. The van der Waals surface area contributed by atoms with E-state index in [1.165, 1.54) is 12.3 Å². The Bertz CT molecular complexity index is 2130. The molecule has 0 radical (unpaired) electrons. The van der Waals surface area contributed by atoms with Crippen molar-refractivity contribution in [2.45, 2.75) is 44.3 Å². The molecule has 2 aromatic carbocycles. The number of nitrogens with one attached hydrogen (secondary N) is 2. The van der Waals surface area contributed by atoms with E-state index < -0.39 is 23.8 Å². The van der Waals surface area contributed by atoms with Gasteiger partial charge in [0.05, 0.1) is 35.7 Å². The summed E-state index contributed by atoms with van der Waals surface area (Å²) in [5.74, 6) is -1.58. The summed E-state index contributed by atoms with van der Waals surface area (Å²) >= 11 is 0. The molecule has 0 spiro atoms. The molecule has 53 heavy (non-hydrogen) atoms. The quantitative estimate of drug-likeness (QED) is 0.206. The van der Waals surface area contributed by atoms with Crippen LogP contribution in [0.3, 0.4) is 0 Å². The highest BCUT2D eigenvalue weighted by Gasteiger charge is 2.32. The number of rotatable bonds is 9. The van der Waals surface area contributed by atoms with Crippen molar-refractivity contribution in [3.8, 4) is 11.3 Å². The Morgan fingerprint density at radius 2 is 1.72 bits per heavy atom. The van der Waals surface area contributed by atoms with E-state index in [0.717, 1.165) is 63.1 Å². The molecule has 3 aliphatic heterocycles. The molecule has 3 aliphatic rings. The number of halogens is 3. The lowest BCUT2D eigenvalue weighted by atomic mass is 9.90. The fourth-order valence-electron chi connectivity index (χ4n) is 7.68. The number of alkyl halides is 1. The van der Waals surface area contributed by atoms with Gasteiger partial charge in [-0.15, -0.1) is 0 Å². The van der Waals surface area contributed by atoms with Crippen molar-refractivity contribution < 1.29 is 22.8 Å². The fraction of sp³-hybridized carbons (Fsp3) is 0.395. The van der Waals surface area contributed by atoms with Gasteiger partial charge in [0, 0.05) is 94.7 Å². The van der Waals surface area contributed by atoms with E-state index in [-0.39, 0.29) is 23.3 Å². The average molecular weight is 727 g/mol. The van der Waals surface area contributed by atoms with Crippen LogP contribution >= 0.6 is 0 Å². The third-order valence-corrected chi connectivity index (χ3v) is 10.8. The molecule has 5 aromatic rings. The fourth-order valence-corrected chi connectivity index (χ4v) is 7.68. The zero-order valence-corrected chi connectivity index (χ0v) is 29.4. The summed E-state index contributed by atoms with van der Waals surface area (Å²) in [6, 6.07) is 10.0. The molecular formula is C38H41F3N10O2. The van der Waals surface area contributed by atoms with Gasteiger partial charge in [-0.2, -0.15) is 5.10 Å². The van der Waals surface area contributed by atoms with Crippen LogP contribution in [0.25, 0.3) is 16.9 Å². The first-order valence-electron chi connectivity index (χ1n) is 18.1. The van der Waals surface area contributed by atoms with Gasteiger partial charge in [0.25, 0.3) is 0 Å². The van der Waals surface area contributed by atoms with Crippen molar-refractivity contribution in [1.29, 1.82) is 0 Å². The number of carbonyl (C=O) groups is 2. The molecule has 0 saturated carbocycles. The summed E-state index contributed by atoms with van der Waals surface area (Å²) in [6.07, 6.45) is 8.64. The molecular weight excluding hydrogens is 685 g/mol. The normalized spacial score (nSPS) is 21.7.